The molecule has 0 bridgehead atoms. The van der Waals surface area contributed by atoms with Crippen molar-refractivity contribution in [1.29, 1.82) is 0 Å². The topological polar surface area (TPSA) is 35.2 Å². The van der Waals surface area contributed by atoms with Gasteiger partial charge < -0.3 is 10.5 Å². The molecular formula is C17H19ClFNO. The Morgan fingerprint density at radius 3 is 2.67 bits per heavy atom. The van der Waals surface area contributed by atoms with Crippen LogP contribution >= 0.6 is 11.6 Å². The normalized spacial score (nSPS) is 12.2. The molecule has 0 aliphatic heterocycles. The predicted octanol–water partition coefficient (Wildman–Crippen LogP) is 4.86. The maximum absolute atomic E-state index is 13.4. The third-order valence-electron chi connectivity index (χ3n) is 3.39. The third-order valence-corrected chi connectivity index (χ3v) is 3.81. The number of benzene rings is 2. The lowest BCUT2D eigenvalue weighted by atomic mass is 10.0. The number of aryl methyl sites for hydroxylation is 1. The summed E-state index contributed by atoms with van der Waals surface area (Å²) in [5.74, 6) is 1.02. The van der Waals surface area contributed by atoms with E-state index in [1.165, 1.54) is 12.1 Å². The van der Waals surface area contributed by atoms with Gasteiger partial charge in [-0.2, -0.15) is 0 Å². The molecule has 0 spiro atoms. The van der Waals surface area contributed by atoms with Gasteiger partial charge in [0.15, 0.2) is 0 Å². The first-order valence-electron chi connectivity index (χ1n) is 6.97. The number of hydrogen-bond donors (Lipinski definition) is 1. The molecule has 2 aromatic rings. The second-order valence-corrected chi connectivity index (χ2v) is 5.54. The van der Waals surface area contributed by atoms with Crippen molar-refractivity contribution in [3.63, 3.8) is 0 Å². The first-order chi connectivity index (χ1) is 9.99. The molecule has 112 valence electrons. The van der Waals surface area contributed by atoms with E-state index in [-0.39, 0.29) is 11.9 Å². The SMILES string of the molecule is CCC(N)Cc1cc(F)ccc1Oc1ccc(Cl)c(C)c1. The molecule has 2 aromatic carbocycles. The van der Waals surface area contributed by atoms with Crippen molar-refractivity contribution in [2.24, 2.45) is 5.73 Å². The van der Waals surface area contributed by atoms with E-state index in [1.807, 2.05) is 19.9 Å². The summed E-state index contributed by atoms with van der Waals surface area (Å²) in [5, 5.41) is 0.690. The van der Waals surface area contributed by atoms with Gasteiger partial charge >= 0.3 is 0 Å². The molecule has 0 saturated carbocycles. The first kappa shape index (κ1) is 15.8. The quantitative estimate of drug-likeness (QED) is 0.856. The highest BCUT2D eigenvalue weighted by molar-refractivity contribution is 6.31. The van der Waals surface area contributed by atoms with E-state index in [2.05, 4.69) is 0 Å². The average molecular weight is 308 g/mol. The Balaban J connectivity index is 2.28. The van der Waals surface area contributed by atoms with Crippen LogP contribution in [-0.2, 0) is 6.42 Å². The molecule has 2 N–H and O–H groups in total. The van der Waals surface area contributed by atoms with Crippen molar-refractivity contribution in [1.82, 2.24) is 0 Å². The molecular weight excluding hydrogens is 289 g/mol. The van der Waals surface area contributed by atoms with Gasteiger partial charge in [0.2, 0.25) is 0 Å². The molecule has 0 aromatic heterocycles. The Kier molecular flexibility index (Phi) is 5.21. The second-order valence-electron chi connectivity index (χ2n) is 5.14. The summed E-state index contributed by atoms with van der Waals surface area (Å²) in [6.07, 6.45) is 1.41. The van der Waals surface area contributed by atoms with Gasteiger partial charge in [-0.05, 0) is 67.3 Å². The molecule has 2 rings (SSSR count). The fraction of sp³-hybridized carbons (Fsp3) is 0.294. The van der Waals surface area contributed by atoms with Crippen LogP contribution in [0.5, 0.6) is 11.5 Å². The number of halogens is 2. The first-order valence-corrected chi connectivity index (χ1v) is 7.35. The molecule has 0 saturated heterocycles. The molecule has 0 radical (unpaired) electrons. The van der Waals surface area contributed by atoms with Crippen LogP contribution < -0.4 is 10.5 Å². The molecule has 2 nitrogen and oxygen atoms in total. The molecule has 0 fully saturated rings. The Bertz CT molecular complexity index is 630. The summed E-state index contributed by atoms with van der Waals surface area (Å²) < 4.78 is 19.3. The van der Waals surface area contributed by atoms with Crippen molar-refractivity contribution < 1.29 is 9.13 Å². The van der Waals surface area contributed by atoms with Crippen LogP contribution in [0.4, 0.5) is 4.39 Å². The highest BCUT2D eigenvalue weighted by atomic mass is 35.5. The van der Waals surface area contributed by atoms with E-state index in [9.17, 15) is 4.39 Å². The Morgan fingerprint density at radius 2 is 2.00 bits per heavy atom. The van der Waals surface area contributed by atoms with E-state index in [0.29, 0.717) is 22.9 Å². The van der Waals surface area contributed by atoms with Crippen LogP contribution in [0.3, 0.4) is 0 Å². The molecule has 0 amide bonds. The zero-order chi connectivity index (χ0) is 15.4. The summed E-state index contributed by atoms with van der Waals surface area (Å²) in [6, 6.07) is 9.93. The van der Waals surface area contributed by atoms with Gasteiger partial charge in [-0.3, -0.25) is 0 Å². The Morgan fingerprint density at radius 1 is 1.24 bits per heavy atom. The maximum Gasteiger partial charge on any atom is 0.130 e. The van der Waals surface area contributed by atoms with E-state index < -0.39 is 0 Å². The molecule has 0 heterocycles. The summed E-state index contributed by atoms with van der Waals surface area (Å²) in [7, 11) is 0. The van der Waals surface area contributed by atoms with Gasteiger partial charge in [0.05, 0.1) is 0 Å². The highest BCUT2D eigenvalue weighted by Gasteiger charge is 2.11. The monoisotopic (exact) mass is 307 g/mol. The minimum absolute atomic E-state index is 0.0129. The number of nitrogens with two attached hydrogens (primary N) is 1. The molecule has 1 atom stereocenters. The smallest absolute Gasteiger partial charge is 0.130 e. The average Bonchev–Trinajstić information content (AvgIpc) is 2.45. The standard InChI is InChI=1S/C17H19ClFNO/c1-3-14(20)10-12-9-13(19)4-7-17(12)21-15-5-6-16(18)11(2)8-15/h4-9,14H,3,10,20H2,1-2H3. The van der Waals surface area contributed by atoms with Gasteiger partial charge in [-0.15, -0.1) is 0 Å². The van der Waals surface area contributed by atoms with Crippen LogP contribution in [0.25, 0.3) is 0 Å². The molecule has 4 heteroatoms. The summed E-state index contributed by atoms with van der Waals surface area (Å²) >= 11 is 6.00. The lowest BCUT2D eigenvalue weighted by molar-refractivity contribution is 0.469. The van der Waals surface area contributed by atoms with Crippen molar-refractivity contribution in [2.45, 2.75) is 32.7 Å². The van der Waals surface area contributed by atoms with Crippen molar-refractivity contribution >= 4 is 11.6 Å². The van der Waals surface area contributed by atoms with Crippen molar-refractivity contribution in [3.05, 3.63) is 58.4 Å². The molecule has 21 heavy (non-hydrogen) atoms. The van der Waals surface area contributed by atoms with Crippen LogP contribution in [0.1, 0.15) is 24.5 Å². The number of hydrogen-bond acceptors (Lipinski definition) is 2. The zero-order valence-corrected chi connectivity index (χ0v) is 13.0. The third kappa shape index (κ3) is 4.19. The Hall–Kier alpha value is -1.58. The lowest BCUT2D eigenvalue weighted by Gasteiger charge is -2.15. The molecule has 1 unspecified atom stereocenters. The van der Waals surface area contributed by atoms with E-state index in [1.54, 1.807) is 18.2 Å². The fourth-order valence-electron chi connectivity index (χ4n) is 2.04. The lowest BCUT2D eigenvalue weighted by Crippen LogP contribution is -2.21. The van der Waals surface area contributed by atoms with E-state index in [0.717, 1.165) is 17.5 Å². The second kappa shape index (κ2) is 6.92. The van der Waals surface area contributed by atoms with Crippen LogP contribution in [0.15, 0.2) is 36.4 Å². The van der Waals surface area contributed by atoms with Crippen LogP contribution in [-0.4, -0.2) is 6.04 Å². The van der Waals surface area contributed by atoms with Gasteiger partial charge in [0, 0.05) is 11.1 Å². The summed E-state index contributed by atoms with van der Waals surface area (Å²) in [4.78, 5) is 0. The van der Waals surface area contributed by atoms with E-state index in [4.69, 9.17) is 22.1 Å². The zero-order valence-electron chi connectivity index (χ0n) is 12.2. The molecule has 0 aliphatic carbocycles. The summed E-state index contributed by atoms with van der Waals surface area (Å²) in [6.45, 7) is 3.92. The van der Waals surface area contributed by atoms with Gasteiger partial charge in [0.25, 0.3) is 0 Å². The van der Waals surface area contributed by atoms with Crippen molar-refractivity contribution in [2.75, 3.05) is 0 Å². The predicted molar refractivity (Wildman–Crippen MR) is 84.6 cm³/mol. The van der Waals surface area contributed by atoms with Gasteiger partial charge in [-0.1, -0.05) is 18.5 Å². The van der Waals surface area contributed by atoms with Crippen LogP contribution in [0, 0.1) is 12.7 Å². The molecule has 0 aliphatic rings. The number of rotatable bonds is 5. The van der Waals surface area contributed by atoms with Gasteiger partial charge in [0.1, 0.15) is 17.3 Å². The highest BCUT2D eigenvalue weighted by Crippen LogP contribution is 2.29. The largest absolute Gasteiger partial charge is 0.457 e. The summed E-state index contributed by atoms with van der Waals surface area (Å²) in [5.41, 5.74) is 7.67. The van der Waals surface area contributed by atoms with E-state index >= 15 is 0 Å². The minimum Gasteiger partial charge on any atom is -0.457 e. The van der Waals surface area contributed by atoms with Crippen LogP contribution in [0.2, 0.25) is 5.02 Å². The Labute approximate surface area is 129 Å². The van der Waals surface area contributed by atoms with Gasteiger partial charge in [-0.25, -0.2) is 4.39 Å². The van der Waals surface area contributed by atoms with Crippen molar-refractivity contribution in [3.8, 4) is 11.5 Å². The maximum atomic E-state index is 13.4. The minimum atomic E-state index is -0.284. The number of ether oxygens (including phenoxy) is 1. The fourth-order valence-corrected chi connectivity index (χ4v) is 2.16.